The number of oxazole rings is 1. The Morgan fingerprint density at radius 2 is 1.71 bits per heavy atom. The molecule has 0 spiro atoms. The molecule has 3 saturated heterocycles. The lowest BCUT2D eigenvalue weighted by Gasteiger charge is -2.30. The second kappa shape index (κ2) is 5.60. The van der Waals surface area contributed by atoms with Crippen molar-refractivity contribution in [3.8, 4) is 11.3 Å². The molecule has 3 aromatic rings. The van der Waals surface area contributed by atoms with Crippen LogP contribution in [0.2, 0.25) is 0 Å². The summed E-state index contributed by atoms with van der Waals surface area (Å²) in [5, 5.41) is 0. The Hall–Kier alpha value is -2.40. The Kier molecular flexibility index (Phi) is 3.26. The standard InChI is InChI=1S/C19H20N4O/c1-2-4-14(5-3-1)16-6-7-17-18(20-16)21-19(24-17)23-13-12-22-10-8-15(23)9-11-22/h1-7,15H,8-13H2. The van der Waals surface area contributed by atoms with Crippen LogP contribution >= 0.6 is 0 Å². The number of pyridine rings is 1. The number of hydrogen-bond acceptors (Lipinski definition) is 5. The predicted molar refractivity (Wildman–Crippen MR) is 94.0 cm³/mol. The molecule has 6 rings (SSSR count). The number of aromatic nitrogens is 2. The van der Waals surface area contributed by atoms with E-state index < -0.39 is 0 Å². The molecule has 0 N–H and O–H groups in total. The largest absolute Gasteiger partial charge is 0.422 e. The minimum atomic E-state index is 0.547. The minimum Gasteiger partial charge on any atom is -0.422 e. The molecule has 122 valence electrons. The average molecular weight is 320 g/mol. The quantitative estimate of drug-likeness (QED) is 0.726. The molecule has 0 radical (unpaired) electrons. The van der Waals surface area contributed by atoms with E-state index in [-0.39, 0.29) is 0 Å². The van der Waals surface area contributed by atoms with E-state index in [1.807, 2.05) is 30.3 Å². The van der Waals surface area contributed by atoms with Crippen molar-refractivity contribution < 1.29 is 4.42 Å². The van der Waals surface area contributed by atoms with Gasteiger partial charge in [0.15, 0.2) is 5.58 Å². The van der Waals surface area contributed by atoms with Crippen molar-refractivity contribution in [1.82, 2.24) is 14.9 Å². The van der Waals surface area contributed by atoms with Gasteiger partial charge >= 0.3 is 0 Å². The lowest BCUT2D eigenvalue weighted by atomic mass is 10.1. The topological polar surface area (TPSA) is 45.4 Å². The molecular weight excluding hydrogens is 300 g/mol. The minimum absolute atomic E-state index is 0.547. The molecule has 0 amide bonds. The number of rotatable bonds is 2. The van der Waals surface area contributed by atoms with Crippen LogP contribution in [0.25, 0.3) is 22.5 Å². The Balaban J connectivity index is 1.52. The normalized spacial score (nSPS) is 23.6. The van der Waals surface area contributed by atoms with E-state index in [0.717, 1.165) is 35.9 Å². The summed E-state index contributed by atoms with van der Waals surface area (Å²) >= 11 is 0. The molecule has 1 aromatic carbocycles. The Morgan fingerprint density at radius 1 is 0.875 bits per heavy atom. The fraction of sp³-hybridized carbons (Fsp3) is 0.368. The fourth-order valence-electron chi connectivity index (χ4n) is 3.84. The molecule has 2 aromatic heterocycles. The smallest absolute Gasteiger partial charge is 0.300 e. The van der Waals surface area contributed by atoms with Crippen LogP contribution in [0.3, 0.4) is 0 Å². The third-order valence-electron chi connectivity index (χ3n) is 5.21. The van der Waals surface area contributed by atoms with Gasteiger partial charge in [-0.1, -0.05) is 30.3 Å². The van der Waals surface area contributed by atoms with Crippen LogP contribution in [0, 0.1) is 0 Å². The van der Waals surface area contributed by atoms with E-state index in [4.69, 9.17) is 14.4 Å². The zero-order valence-electron chi connectivity index (χ0n) is 13.6. The third kappa shape index (κ3) is 2.36. The summed E-state index contributed by atoms with van der Waals surface area (Å²) < 4.78 is 6.04. The summed E-state index contributed by atoms with van der Waals surface area (Å²) in [6.07, 6.45) is 2.39. The fourth-order valence-corrected chi connectivity index (χ4v) is 3.84. The Bertz CT molecular complexity index is 852. The van der Waals surface area contributed by atoms with Gasteiger partial charge in [-0.15, -0.1) is 0 Å². The van der Waals surface area contributed by atoms with Crippen LogP contribution in [0.5, 0.6) is 0 Å². The van der Waals surface area contributed by atoms with Crippen LogP contribution in [-0.2, 0) is 0 Å². The number of piperidine rings is 1. The number of anilines is 1. The van der Waals surface area contributed by atoms with Crippen molar-refractivity contribution in [2.75, 3.05) is 31.1 Å². The second-order valence-electron chi connectivity index (χ2n) is 6.65. The maximum Gasteiger partial charge on any atom is 0.300 e. The third-order valence-corrected chi connectivity index (χ3v) is 5.21. The van der Waals surface area contributed by atoms with Gasteiger partial charge in [0, 0.05) is 37.8 Å². The maximum absolute atomic E-state index is 6.04. The van der Waals surface area contributed by atoms with E-state index in [1.54, 1.807) is 0 Å². The van der Waals surface area contributed by atoms with Crippen molar-refractivity contribution in [3.63, 3.8) is 0 Å². The van der Waals surface area contributed by atoms with E-state index in [9.17, 15) is 0 Å². The maximum atomic E-state index is 6.04. The molecule has 2 bridgehead atoms. The van der Waals surface area contributed by atoms with Gasteiger partial charge in [-0.05, 0) is 25.0 Å². The Morgan fingerprint density at radius 3 is 2.54 bits per heavy atom. The first kappa shape index (κ1) is 14.0. The summed E-state index contributed by atoms with van der Waals surface area (Å²) in [6, 6.07) is 15.5. The molecule has 0 saturated carbocycles. The van der Waals surface area contributed by atoms with Crippen molar-refractivity contribution in [2.24, 2.45) is 0 Å². The van der Waals surface area contributed by atoms with E-state index in [0.29, 0.717) is 11.7 Å². The van der Waals surface area contributed by atoms with Gasteiger partial charge in [0.25, 0.3) is 6.01 Å². The summed E-state index contributed by atoms with van der Waals surface area (Å²) in [5.41, 5.74) is 3.50. The second-order valence-corrected chi connectivity index (χ2v) is 6.65. The van der Waals surface area contributed by atoms with Gasteiger partial charge in [0.2, 0.25) is 5.65 Å². The van der Waals surface area contributed by atoms with Crippen molar-refractivity contribution >= 4 is 17.2 Å². The summed E-state index contributed by atoms with van der Waals surface area (Å²) in [4.78, 5) is 14.3. The molecule has 5 nitrogen and oxygen atoms in total. The van der Waals surface area contributed by atoms with E-state index in [1.165, 1.54) is 25.9 Å². The molecule has 5 heterocycles. The average Bonchev–Trinajstić information content (AvgIpc) is 2.82. The van der Waals surface area contributed by atoms with Gasteiger partial charge in [0.05, 0.1) is 5.69 Å². The zero-order valence-corrected chi connectivity index (χ0v) is 13.6. The highest BCUT2D eigenvalue weighted by Gasteiger charge is 2.31. The first-order valence-electron chi connectivity index (χ1n) is 8.69. The van der Waals surface area contributed by atoms with Gasteiger partial charge in [0.1, 0.15) is 0 Å². The zero-order chi connectivity index (χ0) is 15.9. The van der Waals surface area contributed by atoms with Crippen LogP contribution in [0.1, 0.15) is 12.8 Å². The molecule has 3 aliphatic heterocycles. The first-order valence-corrected chi connectivity index (χ1v) is 8.69. The molecule has 24 heavy (non-hydrogen) atoms. The highest BCUT2D eigenvalue weighted by molar-refractivity contribution is 5.75. The van der Waals surface area contributed by atoms with Gasteiger partial charge < -0.3 is 14.2 Å². The molecule has 0 unspecified atom stereocenters. The summed E-state index contributed by atoms with van der Waals surface area (Å²) in [6.45, 7) is 4.47. The van der Waals surface area contributed by atoms with E-state index in [2.05, 4.69) is 21.9 Å². The highest BCUT2D eigenvalue weighted by Crippen LogP contribution is 2.29. The highest BCUT2D eigenvalue weighted by atomic mass is 16.4. The van der Waals surface area contributed by atoms with Crippen molar-refractivity contribution in [3.05, 3.63) is 42.5 Å². The lowest BCUT2D eigenvalue weighted by molar-refractivity contribution is 0.249. The molecule has 3 fully saturated rings. The van der Waals surface area contributed by atoms with Gasteiger partial charge in [-0.3, -0.25) is 0 Å². The number of hydrogen-bond donors (Lipinski definition) is 0. The van der Waals surface area contributed by atoms with Crippen LogP contribution in [0.15, 0.2) is 46.9 Å². The van der Waals surface area contributed by atoms with Gasteiger partial charge in [-0.25, -0.2) is 4.98 Å². The first-order chi connectivity index (χ1) is 11.9. The van der Waals surface area contributed by atoms with Crippen molar-refractivity contribution in [2.45, 2.75) is 18.9 Å². The number of benzene rings is 1. The molecule has 3 aliphatic rings. The monoisotopic (exact) mass is 320 g/mol. The molecule has 0 aliphatic carbocycles. The van der Waals surface area contributed by atoms with Crippen LogP contribution in [-0.4, -0.2) is 47.1 Å². The lowest BCUT2D eigenvalue weighted by Crippen LogP contribution is -2.38. The molecule has 5 heteroatoms. The molecular formula is C19H20N4O. The predicted octanol–water partition coefficient (Wildman–Crippen LogP) is 3.17. The van der Waals surface area contributed by atoms with Crippen molar-refractivity contribution in [1.29, 1.82) is 0 Å². The van der Waals surface area contributed by atoms with Gasteiger partial charge in [-0.2, -0.15) is 4.98 Å². The number of nitrogens with zero attached hydrogens (tertiary/aromatic N) is 4. The Labute approximate surface area is 140 Å². The number of fused-ring (bicyclic) bond motifs is 5. The van der Waals surface area contributed by atoms with E-state index >= 15 is 0 Å². The molecule has 0 atom stereocenters. The summed E-state index contributed by atoms with van der Waals surface area (Å²) in [5.74, 6) is 0. The van der Waals surface area contributed by atoms with Crippen LogP contribution < -0.4 is 4.90 Å². The summed E-state index contributed by atoms with van der Waals surface area (Å²) in [7, 11) is 0. The van der Waals surface area contributed by atoms with Crippen LogP contribution in [0.4, 0.5) is 6.01 Å². The SMILES string of the molecule is c1ccc(-c2ccc3oc(N4CCN5CCC4CC5)nc3n2)cc1.